The van der Waals surface area contributed by atoms with E-state index < -0.39 is 0 Å². The van der Waals surface area contributed by atoms with Gasteiger partial charge in [0.1, 0.15) is 11.4 Å². The number of benzene rings is 2. The molecule has 0 radical (unpaired) electrons. The van der Waals surface area contributed by atoms with Crippen molar-refractivity contribution in [3.05, 3.63) is 71.5 Å². The van der Waals surface area contributed by atoms with Gasteiger partial charge in [-0.3, -0.25) is 9.78 Å². The molecule has 3 heteroatoms. The van der Waals surface area contributed by atoms with Crippen LogP contribution >= 0.6 is 0 Å². The summed E-state index contributed by atoms with van der Waals surface area (Å²) in [5.74, 6) is 0.702. The number of nitrogens with zero attached hydrogens (tertiary/aromatic N) is 1. The van der Waals surface area contributed by atoms with E-state index in [0.717, 1.165) is 22.1 Å². The van der Waals surface area contributed by atoms with Crippen molar-refractivity contribution in [3.63, 3.8) is 0 Å². The van der Waals surface area contributed by atoms with Crippen molar-refractivity contribution in [1.82, 2.24) is 4.98 Å². The number of hydrogen-bond acceptors (Lipinski definition) is 3. The average molecular weight is 277 g/mol. The predicted octanol–water partition coefficient (Wildman–Crippen LogP) is 3.78. The van der Waals surface area contributed by atoms with Gasteiger partial charge in [-0.1, -0.05) is 29.8 Å². The maximum atomic E-state index is 12.6. The van der Waals surface area contributed by atoms with Gasteiger partial charge in [-0.05, 0) is 36.6 Å². The second kappa shape index (κ2) is 5.37. The Morgan fingerprint density at radius 1 is 1.05 bits per heavy atom. The summed E-state index contributed by atoms with van der Waals surface area (Å²) in [4.78, 5) is 16.9. The molecule has 0 fully saturated rings. The van der Waals surface area contributed by atoms with Gasteiger partial charge in [0.2, 0.25) is 5.78 Å². The molecule has 1 aromatic heterocycles. The van der Waals surface area contributed by atoms with Crippen LogP contribution in [0.15, 0.2) is 54.7 Å². The molecule has 0 spiro atoms. The Balaban J connectivity index is 2.11. The standard InChI is InChI=1S/C18H15NO2/c1-12-3-5-13(6-4-12)18(20)17-16-8-7-15(21-2)11-14(16)9-10-19-17/h3-11H,1-2H3. The van der Waals surface area contributed by atoms with E-state index in [1.165, 1.54) is 0 Å². The minimum Gasteiger partial charge on any atom is -0.497 e. The largest absolute Gasteiger partial charge is 0.497 e. The van der Waals surface area contributed by atoms with Gasteiger partial charge in [-0.2, -0.15) is 0 Å². The van der Waals surface area contributed by atoms with Crippen LogP contribution in [-0.4, -0.2) is 17.9 Å². The van der Waals surface area contributed by atoms with E-state index >= 15 is 0 Å². The van der Waals surface area contributed by atoms with Gasteiger partial charge in [0, 0.05) is 17.1 Å². The molecule has 0 saturated heterocycles. The highest BCUT2D eigenvalue weighted by molar-refractivity contribution is 6.15. The van der Waals surface area contributed by atoms with Gasteiger partial charge < -0.3 is 4.74 Å². The van der Waals surface area contributed by atoms with Crippen LogP contribution in [0.5, 0.6) is 5.75 Å². The molecule has 2 aromatic carbocycles. The Hall–Kier alpha value is -2.68. The molecule has 3 nitrogen and oxygen atoms in total. The number of hydrogen-bond donors (Lipinski definition) is 0. The molecule has 0 amide bonds. The van der Waals surface area contributed by atoms with Crippen molar-refractivity contribution in [1.29, 1.82) is 0 Å². The molecular weight excluding hydrogens is 262 g/mol. The van der Waals surface area contributed by atoms with Gasteiger partial charge in [-0.25, -0.2) is 0 Å². The number of methoxy groups -OCH3 is 1. The molecule has 0 saturated carbocycles. The van der Waals surface area contributed by atoms with Crippen molar-refractivity contribution in [2.45, 2.75) is 6.92 Å². The van der Waals surface area contributed by atoms with Crippen molar-refractivity contribution >= 4 is 16.6 Å². The zero-order chi connectivity index (χ0) is 14.8. The molecule has 0 N–H and O–H groups in total. The molecule has 0 atom stereocenters. The summed E-state index contributed by atoms with van der Waals surface area (Å²) in [6, 6.07) is 15.0. The van der Waals surface area contributed by atoms with E-state index in [4.69, 9.17) is 4.74 Å². The highest BCUT2D eigenvalue weighted by Gasteiger charge is 2.14. The first-order chi connectivity index (χ1) is 10.2. The number of aryl methyl sites for hydroxylation is 1. The number of fused-ring (bicyclic) bond motifs is 1. The Labute approximate surface area is 123 Å². The normalized spacial score (nSPS) is 10.6. The topological polar surface area (TPSA) is 39.2 Å². The molecule has 0 aliphatic carbocycles. The first-order valence-corrected chi connectivity index (χ1v) is 6.73. The molecule has 0 bridgehead atoms. The van der Waals surface area contributed by atoms with Gasteiger partial charge in [0.15, 0.2) is 0 Å². The summed E-state index contributed by atoms with van der Waals surface area (Å²) < 4.78 is 5.22. The predicted molar refractivity (Wildman–Crippen MR) is 82.9 cm³/mol. The van der Waals surface area contributed by atoms with Crippen LogP contribution in [0.3, 0.4) is 0 Å². The number of rotatable bonds is 3. The molecule has 0 aliphatic heterocycles. The monoisotopic (exact) mass is 277 g/mol. The van der Waals surface area contributed by atoms with E-state index in [-0.39, 0.29) is 5.78 Å². The lowest BCUT2D eigenvalue weighted by molar-refractivity contribution is 0.103. The van der Waals surface area contributed by atoms with Gasteiger partial charge in [-0.15, -0.1) is 0 Å². The lowest BCUT2D eigenvalue weighted by atomic mass is 10.0. The zero-order valence-corrected chi connectivity index (χ0v) is 12.0. The number of aromatic nitrogens is 1. The number of pyridine rings is 1. The Kier molecular flexibility index (Phi) is 3.40. The summed E-state index contributed by atoms with van der Waals surface area (Å²) in [5.41, 5.74) is 2.25. The minimum absolute atomic E-state index is 0.0641. The van der Waals surface area contributed by atoms with Crippen molar-refractivity contribution in [3.8, 4) is 5.75 Å². The Morgan fingerprint density at radius 2 is 1.81 bits per heavy atom. The number of carbonyl (C=O) groups excluding carboxylic acids is 1. The van der Waals surface area contributed by atoms with Crippen LogP contribution in [0.2, 0.25) is 0 Å². The molecule has 0 unspecified atom stereocenters. The van der Waals surface area contributed by atoms with Crippen LogP contribution < -0.4 is 4.74 Å². The molecule has 3 rings (SSSR count). The van der Waals surface area contributed by atoms with Crippen molar-refractivity contribution in [2.75, 3.05) is 7.11 Å². The smallest absolute Gasteiger partial charge is 0.211 e. The number of ketones is 1. The lowest BCUT2D eigenvalue weighted by Crippen LogP contribution is -2.04. The number of carbonyl (C=O) groups is 1. The highest BCUT2D eigenvalue weighted by Crippen LogP contribution is 2.24. The van der Waals surface area contributed by atoms with Gasteiger partial charge >= 0.3 is 0 Å². The molecule has 3 aromatic rings. The third kappa shape index (κ3) is 2.50. The second-order valence-corrected chi connectivity index (χ2v) is 4.94. The SMILES string of the molecule is COc1ccc2c(C(=O)c3ccc(C)cc3)nccc2c1. The van der Waals surface area contributed by atoms with E-state index in [1.54, 1.807) is 13.3 Å². The molecule has 21 heavy (non-hydrogen) atoms. The summed E-state index contributed by atoms with van der Waals surface area (Å²) >= 11 is 0. The summed E-state index contributed by atoms with van der Waals surface area (Å²) in [6.45, 7) is 2.00. The van der Waals surface area contributed by atoms with E-state index in [9.17, 15) is 4.79 Å². The second-order valence-electron chi connectivity index (χ2n) is 4.94. The first kappa shape index (κ1) is 13.3. The third-order valence-electron chi connectivity index (χ3n) is 3.50. The van der Waals surface area contributed by atoms with E-state index in [0.29, 0.717) is 11.3 Å². The van der Waals surface area contributed by atoms with Crippen LogP contribution in [0.4, 0.5) is 0 Å². The summed E-state index contributed by atoms with van der Waals surface area (Å²) in [7, 11) is 1.63. The fourth-order valence-electron chi connectivity index (χ4n) is 2.31. The van der Waals surface area contributed by atoms with Crippen LogP contribution in [-0.2, 0) is 0 Å². The lowest BCUT2D eigenvalue weighted by Gasteiger charge is -2.07. The van der Waals surface area contributed by atoms with Crippen LogP contribution in [0, 0.1) is 6.92 Å². The third-order valence-corrected chi connectivity index (χ3v) is 3.50. The molecule has 0 aliphatic rings. The zero-order valence-electron chi connectivity index (χ0n) is 12.0. The highest BCUT2D eigenvalue weighted by atomic mass is 16.5. The van der Waals surface area contributed by atoms with Crippen LogP contribution in [0.25, 0.3) is 10.8 Å². The Bertz CT molecular complexity index is 807. The fraction of sp³-hybridized carbons (Fsp3) is 0.111. The van der Waals surface area contributed by atoms with Crippen LogP contribution in [0.1, 0.15) is 21.6 Å². The van der Waals surface area contributed by atoms with Gasteiger partial charge in [0.25, 0.3) is 0 Å². The molecule has 104 valence electrons. The molecule has 1 heterocycles. The fourth-order valence-corrected chi connectivity index (χ4v) is 2.31. The minimum atomic E-state index is -0.0641. The average Bonchev–Trinajstić information content (AvgIpc) is 2.53. The maximum absolute atomic E-state index is 12.6. The Morgan fingerprint density at radius 3 is 2.52 bits per heavy atom. The van der Waals surface area contributed by atoms with E-state index in [2.05, 4.69) is 4.98 Å². The van der Waals surface area contributed by atoms with Crippen molar-refractivity contribution < 1.29 is 9.53 Å². The quantitative estimate of drug-likeness (QED) is 0.684. The summed E-state index contributed by atoms with van der Waals surface area (Å²) in [6.07, 6.45) is 1.66. The van der Waals surface area contributed by atoms with Crippen molar-refractivity contribution in [2.24, 2.45) is 0 Å². The van der Waals surface area contributed by atoms with E-state index in [1.807, 2.05) is 55.5 Å². The number of ether oxygens (including phenoxy) is 1. The maximum Gasteiger partial charge on any atom is 0.211 e. The first-order valence-electron chi connectivity index (χ1n) is 6.73. The molecular formula is C18H15NO2. The summed E-state index contributed by atoms with van der Waals surface area (Å²) in [5, 5.41) is 1.78. The van der Waals surface area contributed by atoms with Gasteiger partial charge in [0.05, 0.1) is 7.11 Å².